The van der Waals surface area contributed by atoms with Crippen molar-refractivity contribution in [2.24, 2.45) is 5.73 Å². The van der Waals surface area contributed by atoms with E-state index in [2.05, 4.69) is 0 Å². The van der Waals surface area contributed by atoms with E-state index in [1.165, 1.54) is 0 Å². The predicted molar refractivity (Wildman–Crippen MR) is 98.8 cm³/mol. The molecule has 0 spiro atoms. The Bertz CT molecular complexity index is 920. The van der Waals surface area contributed by atoms with Crippen molar-refractivity contribution in [3.8, 4) is 17.6 Å². The monoisotopic (exact) mass is 365 g/mol. The molecule has 7 heteroatoms. The lowest BCUT2D eigenvalue weighted by Gasteiger charge is -2.19. The Morgan fingerprint density at radius 2 is 2.15 bits per heavy atom. The number of carbonyl (C=O) groups excluding carboxylic acids is 2. The van der Waals surface area contributed by atoms with E-state index in [9.17, 15) is 9.59 Å². The summed E-state index contributed by atoms with van der Waals surface area (Å²) >= 11 is 0. The number of nitriles is 1. The Morgan fingerprint density at radius 3 is 2.85 bits per heavy atom. The largest absolute Gasteiger partial charge is 0.497 e. The first-order valence-corrected chi connectivity index (χ1v) is 8.41. The van der Waals surface area contributed by atoms with Gasteiger partial charge in [-0.15, -0.1) is 0 Å². The van der Waals surface area contributed by atoms with Crippen LogP contribution in [0.1, 0.15) is 28.3 Å². The summed E-state index contributed by atoms with van der Waals surface area (Å²) in [5.74, 6) is 0.448. The summed E-state index contributed by atoms with van der Waals surface area (Å²) in [5.41, 5.74) is 7.16. The molecule has 1 heterocycles. The maximum atomic E-state index is 12.6. The number of primary amides is 1. The van der Waals surface area contributed by atoms with E-state index in [1.807, 2.05) is 12.1 Å². The minimum Gasteiger partial charge on any atom is -0.497 e. The van der Waals surface area contributed by atoms with Crippen molar-refractivity contribution in [2.45, 2.75) is 12.3 Å². The summed E-state index contributed by atoms with van der Waals surface area (Å²) in [6, 6.07) is 14.0. The number of benzene rings is 2. The van der Waals surface area contributed by atoms with Crippen LogP contribution in [0.2, 0.25) is 0 Å². The third-order valence-electron chi connectivity index (χ3n) is 4.52. The molecule has 0 aromatic heterocycles. The zero-order valence-electron chi connectivity index (χ0n) is 14.8. The van der Waals surface area contributed by atoms with E-state index in [0.29, 0.717) is 35.7 Å². The van der Waals surface area contributed by atoms with Gasteiger partial charge in [-0.3, -0.25) is 9.59 Å². The van der Waals surface area contributed by atoms with Crippen molar-refractivity contribution in [1.82, 2.24) is 0 Å². The highest BCUT2D eigenvalue weighted by molar-refractivity contribution is 5.99. The number of nitrogens with two attached hydrogens (primary N) is 1. The number of anilines is 1. The molecule has 1 aliphatic rings. The van der Waals surface area contributed by atoms with Gasteiger partial charge in [-0.25, -0.2) is 0 Å². The highest BCUT2D eigenvalue weighted by Gasteiger charge is 2.33. The van der Waals surface area contributed by atoms with Crippen LogP contribution < -0.4 is 20.1 Å². The van der Waals surface area contributed by atoms with Crippen LogP contribution in [0.5, 0.6) is 11.5 Å². The van der Waals surface area contributed by atoms with Crippen molar-refractivity contribution >= 4 is 17.5 Å². The van der Waals surface area contributed by atoms with Crippen LogP contribution in [-0.4, -0.2) is 32.1 Å². The second-order valence-corrected chi connectivity index (χ2v) is 6.17. The molecule has 27 heavy (non-hydrogen) atoms. The Hall–Kier alpha value is -3.53. The average molecular weight is 365 g/mol. The minimum absolute atomic E-state index is 0.0522. The maximum absolute atomic E-state index is 12.6. The Labute approximate surface area is 156 Å². The molecule has 1 aliphatic heterocycles. The maximum Gasteiger partial charge on any atom is 0.248 e. The molecule has 3 rings (SSSR count). The normalized spacial score (nSPS) is 16.1. The molecule has 2 N–H and O–H groups in total. The standard InChI is InChI=1S/C20H19N3O4/c1-26-16-5-6-17(18(11-16)27-8-7-21)14-10-19(24)23(12-14)15-4-2-3-13(9-15)20(22)25/h2-6,9,11,14H,8,10,12H2,1H3,(H2,22,25). The van der Waals surface area contributed by atoms with Gasteiger partial charge in [0.05, 0.1) is 7.11 Å². The SMILES string of the molecule is COc1ccc(C2CC(=O)N(c3cccc(C(N)=O)c3)C2)c(OCC#N)c1. The van der Waals surface area contributed by atoms with Crippen molar-refractivity contribution in [2.75, 3.05) is 25.2 Å². The highest BCUT2D eigenvalue weighted by Crippen LogP contribution is 2.38. The van der Waals surface area contributed by atoms with Crippen LogP contribution in [0.3, 0.4) is 0 Å². The van der Waals surface area contributed by atoms with Gasteiger partial charge < -0.3 is 20.1 Å². The quantitative estimate of drug-likeness (QED) is 0.845. The first-order valence-electron chi connectivity index (χ1n) is 8.41. The molecule has 1 fully saturated rings. The van der Waals surface area contributed by atoms with Gasteiger partial charge in [0.25, 0.3) is 0 Å². The van der Waals surface area contributed by atoms with Crippen LogP contribution >= 0.6 is 0 Å². The van der Waals surface area contributed by atoms with Gasteiger partial charge >= 0.3 is 0 Å². The summed E-state index contributed by atoms with van der Waals surface area (Å²) in [4.78, 5) is 25.6. The van der Waals surface area contributed by atoms with Crippen LogP contribution in [0.25, 0.3) is 0 Å². The molecule has 0 saturated carbocycles. The number of hydrogen-bond acceptors (Lipinski definition) is 5. The minimum atomic E-state index is -0.539. The molecule has 1 atom stereocenters. The fourth-order valence-corrected chi connectivity index (χ4v) is 3.21. The zero-order chi connectivity index (χ0) is 19.4. The summed E-state index contributed by atoms with van der Waals surface area (Å²) in [7, 11) is 1.55. The number of rotatable bonds is 6. The lowest BCUT2D eigenvalue weighted by atomic mass is 9.97. The van der Waals surface area contributed by atoms with Gasteiger partial charge in [0, 0.05) is 36.2 Å². The van der Waals surface area contributed by atoms with Crippen molar-refractivity contribution in [3.05, 3.63) is 53.6 Å². The average Bonchev–Trinajstić information content (AvgIpc) is 3.07. The third kappa shape index (κ3) is 3.85. The second kappa shape index (κ2) is 7.79. The van der Waals surface area contributed by atoms with Gasteiger partial charge in [0.1, 0.15) is 17.6 Å². The van der Waals surface area contributed by atoms with Gasteiger partial charge in [0.2, 0.25) is 11.8 Å². The molecule has 2 aromatic rings. The van der Waals surface area contributed by atoms with Crippen molar-refractivity contribution in [3.63, 3.8) is 0 Å². The zero-order valence-corrected chi connectivity index (χ0v) is 14.8. The third-order valence-corrected chi connectivity index (χ3v) is 4.52. The van der Waals surface area contributed by atoms with E-state index in [0.717, 1.165) is 5.56 Å². The fraction of sp³-hybridized carbons (Fsp3) is 0.250. The number of amides is 2. The highest BCUT2D eigenvalue weighted by atomic mass is 16.5. The van der Waals surface area contributed by atoms with E-state index in [-0.39, 0.29) is 18.4 Å². The number of ether oxygens (including phenoxy) is 2. The molecule has 1 saturated heterocycles. The van der Waals surface area contributed by atoms with E-state index in [1.54, 1.807) is 48.4 Å². The molecule has 7 nitrogen and oxygen atoms in total. The summed E-state index contributed by atoms with van der Waals surface area (Å²) in [5, 5.41) is 8.81. The topological polar surface area (TPSA) is 106 Å². The molecular formula is C20H19N3O4. The van der Waals surface area contributed by atoms with Gasteiger partial charge in [-0.2, -0.15) is 5.26 Å². The second-order valence-electron chi connectivity index (χ2n) is 6.17. The van der Waals surface area contributed by atoms with Crippen LogP contribution in [0.4, 0.5) is 5.69 Å². The fourth-order valence-electron chi connectivity index (χ4n) is 3.21. The molecular weight excluding hydrogens is 346 g/mol. The lowest BCUT2D eigenvalue weighted by molar-refractivity contribution is -0.117. The number of hydrogen-bond donors (Lipinski definition) is 1. The summed E-state index contributed by atoms with van der Waals surface area (Å²) in [6.45, 7) is 0.349. The van der Waals surface area contributed by atoms with Gasteiger partial charge in [-0.05, 0) is 29.8 Å². The Balaban J connectivity index is 1.88. The van der Waals surface area contributed by atoms with Gasteiger partial charge in [-0.1, -0.05) is 12.1 Å². The lowest BCUT2D eigenvalue weighted by Crippen LogP contribution is -2.25. The first kappa shape index (κ1) is 18.3. The van der Waals surface area contributed by atoms with E-state index in [4.69, 9.17) is 20.5 Å². The Kier molecular flexibility index (Phi) is 5.27. The molecule has 2 amide bonds. The number of carbonyl (C=O) groups is 2. The van der Waals surface area contributed by atoms with Crippen LogP contribution in [0, 0.1) is 11.3 Å². The predicted octanol–water partition coefficient (Wildman–Crippen LogP) is 2.22. The van der Waals surface area contributed by atoms with E-state index < -0.39 is 5.91 Å². The summed E-state index contributed by atoms with van der Waals surface area (Å²) in [6.07, 6.45) is 0.302. The summed E-state index contributed by atoms with van der Waals surface area (Å²) < 4.78 is 10.8. The van der Waals surface area contributed by atoms with Crippen molar-refractivity contribution < 1.29 is 19.1 Å². The van der Waals surface area contributed by atoms with Crippen LogP contribution in [0.15, 0.2) is 42.5 Å². The number of nitrogens with zero attached hydrogens (tertiary/aromatic N) is 2. The van der Waals surface area contributed by atoms with Crippen molar-refractivity contribution in [1.29, 1.82) is 5.26 Å². The first-order chi connectivity index (χ1) is 13.0. The molecule has 1 unspecified atom stereocenters. The van der Waals surface area contributed by atoms with Gasteiger partial charge in [0.15, 0.2) is 6.61 Å². The molecule has 0 bridgehead atoms. The molecule has 2 aromatic carbocycles. The number of methoxy groups -OCH3 is 1. The molecule has 138 valence electrons. The van der Waals surface area contributed by atoms with E-state index >= 15 is 0 Å². The Morgan fingerprint density at radius 1 is 1.33 bits per heavy atom. The smallest absolute Gasteiger partial charge is 0.248 e. The van der Waals surface area contributed by atoms with Crippen LogP contribution in [-0.2, 0) is 4.79 Å². The molecule has 0 radical (unpaired) electrons. The molecule has 0 aliphatic carbocycles.